The number of benzene rings is 1. The number of hydrogen-bond donors (Lipinski definition) is 1. The molecule has 0 bridgehead atoms. The van der Waals surface area contributed by atoms with E-state index in [4.69, 9.17) is 22.1 Å². The molecule has 0 aromatic heterocycles. The van der Waals surface area contributed by atoms with Crippen molar-refractivity contribution in [2.75, 3.05) is 33.2 Å². The summed E-state index contributed by atoms with van der Waals surface area (Å²) in [6.45, 7) is 4.55. The van der Waals surface area contributed by atoms with Gasteiger partial charge in [-0.3, -0.25) is 4.79 Å². The number of halogens is 1. The lowest BCUT2D eigenvalue weighted by molar-refractivity contribution is -0.142. The molecule has 1 fully saturated rings. The molecule has 1 aromatic rings. The van der Waals surface area contributed by atoms with Gasteiger partial charge < -0.3 is 20.3 Å². The molecule has 5 nitrogen and oxygen atoms in total. The third-order valence-corrected chi connectivity index (χ3v) is 3.93. The summed E-state index contributed by atoms with van der Waals surface area (Å²) in [6.07, 6.45) is -0.555. The lowest BCUT2D eigenvalue weighted by atomic mass is 10.1. The van der Waals surface area contributed by atoms with Gasteiger partial charge in [0.15, 0.2) is 6.10 Å². The zero-order chi connectivity index (χ0) is 15.4. The highest BCUT2D eigenvalue weighted by Crippen LogP contribution is 2.19. The first-order valence-corrected chi connectivity index (χ1v) is 7.50. The fourth-order valence-corrected chi connectivity index (χ4v) is 2.71. The van der Waals surface area contributed by atoms with Crippen molar-refractivity contribution in [1.29, 1.82) is 0 Å². The average molecular weight is 312 g/mol. The Labute approximate surface area is 130 Å². The molecular formula is C15H22ClN3O2. The predicted molar refractivity (Wildman–Crippen MR) is 83.6 cm³/mol. The van der Waals surface area contributed by atoms with Crippen LogP contribution in [0.5, 0.6) is 5.75 Å². The first-order valence-electron chi connectivity index (χ1n) is 7.12. The van der Waals surface area contributed by atoms with Crippen molar-refractivity contribution in [2.24, 2.45) is 5.73 Å². The molecule has 116 valence electrons. The number of carbonyl (C=O) groups is 1. The Kier molecular flexibility index (Phi) is 5.45. The van der Waals surface area contributed by atoms with Crippen LogP contribution in [0.2, 0.25) is 5.02 Å². The van der Waals surface area contributed by atoms with Gasteiger partial charge in [-0.15, -0.1) is 0 Å². The number of piperazine rings is 1. The Bertz CT molecular complexity index is 498. The summed E-state index contributed by atoms with van der Waals surface area (Å²) in [5.74, 6) is 0.570. The largest absolute Gasteiger partial charge is 0.481 e. The number of carbonyl (C=O) groups excluding carboxylic acids is 1. The van der Waals surface area contributed by atoms with E-state index in [2.05, 4.69) is 4.90 Å². The number of ether oxygens (including phenoxy) is 1. The molecule has 0 aliphatic carbocycles. The van der Waals surface area contributed by atoms with Gasteiger partial charge in [0.2, 0.25) is 0 Å². The maximum atomic E-state index is 12.6. The molecule has 2 unspecified atom stereocenters. The molecule has 1 aliphatic rings. The Morgan fingerprint density at radius 1 is 1.52 bits per heavy atom. The van der Waals surface area contributed by atoms with E-state index >= 15 is 0 Å². The van der Waals surface area contributed by atoms with E-state index in [1.807, 2.05) is 11.9 Å². The Hall–Kier alpha value is -1.30. The molecule has 6 heteroatoms. The molecule has 0 spiro atoms. The maximum Gasteiger partial charge on any atom is 0.263 e. The molecule has 2 rings (SSSR count). The van der Waals surface area contributed by atoms with Crippen LogP contribution in [-0.4, -0.2) is 61.1 Å². The summed E-state index contributed by atoms with van der Waals surface area (Å²) in [7, 11) is 2.04. The van der Waals surface area contributed by atoms with Gasteiger partial charge in [0.05, 0.1) is 6.04 Å². The van der Waals surface area contributed by atoms with Crippen LogP contribution < -0.4 is 10.5 Å². The topological polar surface area (TPSA) is 58.8 Å². The molecule has 21 heavy (non-hydrogen) atoms. The number of nitrogens with zero attached hydrogens (tertiary/aromatic N) is 2. The molecule has 1 aromatic carbocycles. The van der Waals surface area contributed by atoms with Gasteiger partial charge in [-0.05, 0) is 32.2 Å². The number of hydrogen-bond acceptors (Lipinski definition) is 4. The zero-order valence-corrected chi connectivity index (χ0v) is 13.2. The van der Waals surface area contributed by atoms with Crippen LogP contribution in [0.1, 0.15) is 6.92 Å². The summed E-state index contributed by atoms with van der Waals surface area (Å²) < 4.78 is 5.70. The third kappa shape index (κ3) is 4.09. The maximum absolute atomic E-state index is 12.6. The van der Waals surface area contributed by atoms with Crippen molar-refractivity contribution >= 4 is 17.5 Å². The highest BCUT2D eigenvalue weighted by atomic mass is 35.5. The molecule has 1 heterocycles. The Morgan fingerprint density at radius 2 is 2.29 bits per heavy atom. The van der Waals surface area contributed by atoms with E-state index in [1.165, 1.54) is 0 Å². The zero-order valence-electron chi connectivity index (χ0n) is 12.5. The predicted octanol–water partition coefficient (Wildman–Crippen LogP) is 1.21. The Morgan fingerprint density at radius 3 is 2.95 bits per heavy atom. The fraction of sp³-hybridized carbons (Fsp3) is 0.533. The number of nitrogens with two attached hydrogens (primary N) is 1. The van der Waals surface area contributed by atoms with Gasteiger partial charge in [0.1, 0.15) is 5.75 Å². The van der Waals surface area contributed by atoms with Crippen LogP contribution in [0.25, 0.3) is 0 Å². The van der Waals surface area contributed by atoms with Gasteiger partial charge in [-0.25, -0.2) is 0 Å². The second-order valence-corrected chi connectivity index (χ2v) is 5.84. The van der Waals surface area contributed by atoms with Crippen LogP contribution in [-0.2, 0) is 4.79 Å². The minimum atomic E-state index is -0.555. The molecule has 1 saturated heterocycles. The van der Waals surface area contributed by atoms with Crippen LogP contribution in [0.4, 0.5) is 0 Å². The van der Waals surface area contributed by atoms with Crippen molar-refractivity contribution in [3.8, 4) is 5.75 Å². The van der Waals surface area contributed by atoms with Gasteiger partial charge in [0, 0.05) is 31.2 Å². The van der Waals surface area contributed by atoms with Crippen LogP contribution in [0.3, 0.4) is 0 Å². The summed E-state index contributed by atoms with van der Waals surface area (Å²) in [6, 6.07) is 7.11. The molecule has 1 amide bonds. The lowest BCUT2D eigenvalue weighted by Crippen LogP contribution is -2.59. The number of likely N-dealkylation sites (N-methyl/N-ethyl adjacent to an activating group) is 1. The van der Waals surface area contributed by atoms with Crippen molar-refractivity contribution < 1.29 is 9.53 Å². The highest BCUT2D eigenvalue weighted by Gasteiger charge is 2.31. The average Bonchev–Trinajstić information content (AvgIpc) is 2.46. The molecule has 1 aliphatic heterocycles. The minimum absolute atomic E-state index is 0.0291. The van der Waals surface area contributed by atoms with E-state index in [0.29, 0.717) is 23.9 Å². The smallest absolute Gasteiger partial charge is 0.263 e. The normalized spacial score (nSPS) is 21.1. The van der Waals surface area contributed by atoms with Gasteiger partial charge in [-0.1, -0.05) is 17.7 Å². The van der Waals surface area contributed by atoms with E-state index < -0.39 is 6.10 Å². The summed E-state index contributed by atoms with van der Waals surface area (Å²) in [5.41, 5.74) is 5.79. The third-order valence-electron chi connectivity index (χ3n) is 3.70. The summed E-state index contributed by atoms with van der Waals surface area (Å²) >= 11 is 5.92. The molecular weight excluding hydrogens is 290 g/mol. The minimum Gasteiger partial charge on any atom is -0.481 e. The lowest BCUT2D eigenvalue weighted by Gasteiger charge is -2.40. The van der Waals surface area contributed by atoms with E-state index in [-0.39, 0.29) is 11.9 Å². The van der Waals surface area contributed by atoms with Crippen LogP contribution in [0, 0.1) is 0 Å². The standard InChI is InChI=1S/C15H22ClN3O2/c1-11(21-14-5-3-4-12(16)8-14)15(20)19-7-6-18(2)10-13(19)9-17/h3-5,8,11,13H,6-7,9-10,17H2,1-2H3. The van der Waals surface area contributed by atoms with E-state index in [0.717, 1.165) is 13.1 Å². The summed E-state index contributed by atoms with van der Waals surface area (Å²) in [5, 5.41) is 0.589. The number of rotatable bonds is 4. The SMILES string of the molecule is CC(Oc1cccc(Cl)c1)C(=O)N1CCN(C)CC1CN. The van der Waals surface area contributed by atoms with Crippen molar-refractivity contribution in [2.45, 2.75) is 19.1 Å². The molecule has 0 saturated carbocycles. The monoisotopic (exact) mass is 311 g/mol. The second kappa shape index (κ2) is 7.11. The first-order chi connectivity index (χ1) is 10.0. The molecule has 2 atom stereocenters. The van der Waals surface area contributed by atoms with Crippen molar-refractivity contribution in [3.63, 3.8) is 0 Å². The molecule has 0 radical (unpaired) electrons. The van der Waals surface area contributed by atoms with Crippen LogP contribution in [0.15, 0.2) is 24.3 Å². The Balaban J connectivity index is 2.01. The molecule has 2 N–H and O–H groups in total. The van der Waals surface area contributed by atoms with Gasteiger partial charge >= 0.3 is 0 Å². The number of amides is 1. The van der Waals surface area contributed by atoms with Crippen molar-refractivity contribution in [3.05, 3.63) is 29.3 Å². The van der Waals surface area contributed by atoms with E-state index in [1.54, 1.807) is 31.2 Å². The fourth-order valence-electron chi connectivity index (χ4n) is 2.53. The first kappa shape index (κ1) is 16.1. The van der Waals surface area contributed by atoms with Crippen molar-refractivity contribution in [1.82, 2.24) is 9.80 Å². The summed E-state index contributed by atoms with van der Waals surface area (Å²) in [4.78, 5) is 16.6. The van der Waals surface area contributed by atoms with Gasteiger partial charge in [0.25, 0.3) is 5.91 Å². The highest BCUT2D eigenvalue weighted by molar-refractivity contribution is 6.30. The van der Waals surface area contributed by atoms with Gasteiger partial charge in [-0.2, -0.15) is 0 Å². The quantitative estimate of drug-likeness (QED) is 0.908. The second-order valence-electron chi connectivity index (χ2n) is 5.40. The van der Waals surface area contributed by atoms with Crippen LogP contribution >= 0.6 is 11.6 Å². The van der Waals surface area contributed by atoms with E-state index in [9.17, 15) is 4.79 Å².